The Hall–Kier alpha value is -2.15. The molecule has 0 fully saturated rings. The fourth-order valence-corrected chi connectivity index (χ4v) is 2.84. The Morgan fingerprint density at radius 2 is 1.92 bits per heavy atom. The summed E-state index contributed by atoms with van der Waals surface area (Å²) in [5, 5.41) is 4.46. The summed E-state index contributed by atoms with van der Waals surface area (Å²) < 4.78 is 3.14. The molecule has 2 aromatic heterocycles. The Bertz CT molecular complexity index is 797. The van der Waals surface area contributed by atoms with Gasteiger partial charge < -0.3 is 4.98 Å². The fraction of sp³-hybridized carbons (Fsp3) is 0.588. The molecule has 2 heterocycles. The van der Waals surface area contributed by atoms with Crippen LogP contribution in [0.15, 0.2) is 15.7 Å². The summed E-state index contributed by atoms with van der Waals surface area (Å²) in [6.45, 7) is 11.7. The maximum absolute atomic E-state index is 12.0. The third-order valence-electron chi connectivity index (χ3n) is 4.52. The van der Waals surface area contributed by atoms with Crippen molar-refractivity contribution < 1.29 is 0 Å². The Kier molecular flexibility index (Phi) is 5.43. The molecule has 132 valence electrons. The first-order valence-corrected chi connectivity index (χ1v) is 8.24. The van der Waals surface area contributed by atoms with Crippen LogP contribution in [0, 0.1) is 20.8 Å². The minimum Gasteiger partial charge on any atom is -0.311 e. The van der Waals surface area contributed by atoms with Crippen LogP contribution in [0.3, 0.4) is 0 Å². The molecule has 0 saturated heterocycles. The van der Waals surface area contributed by atoms with E-state index in [0.717, 1.165) is 17.9 Å². The van der Waals surface area contributed by atoms with E-state index in [9.17, 15) is 9.59 Å². The van der Waals surface area contributed by atoms with Gasteiger partial charge in [0.05, 0.1) is 5.69 Å². The van der Waals surface area contributed by atoms with Crippen LogP contribution < -0.4 is 11.2 Å². The van der Waals surface area contributed by atoms with Gasteiger partial charge in [0.1, 0.15) is 0 Å². The highest BCUT2D eigenvalue weighted by molar-refractivity contribution is 5.24. The van der Waals surface area contributed by atoms with Crippen LogP contribution in [0.2, 0.25) is 0 Å². The smallest absolute Gasteiger partial charge is 0.311 e. The zero-order valence-corrected chi connectivity index (χ0v) is 15.4. The van der Waals surface area contributed by atoms with Crippen LogP contribution in [0.4, 0.5) is 0 Å². The average molecular weight is 333 g/mol. The summed E-state index contributed by atoms with van der Waals surface area (Å²) in [5.74, 6) is 0. The van der Waals surface area contributed by atoms with Crippen LogP contribution >= 0.6 is 0 Å². The van der Waals surface area contributed by atoms with Crippen LogP contribution in [0.5, 0.6) is 0 Å². The average Bonchev–Trinajstić information content (AvgIpc) is 2.70. The number of hydrogen-bond acceptors (Lipinski definition) is 4. The van der Waals surface area contributed by atoms with Gasteiger partial charge in [-0.2, -0.15) is 5.10 Å². The van der Waals surface area contributed by atoms with E-state index >= 15 is 0 Å². The van der Waals surface area contributed by atoms with Crippen molar-refractivity contribution in [3.05, 3.63) is 49.5 Å². The minimum atomic E-state index is -0.350. The molecule has 0 saturated carbocycles. The Labute approximate surface area is 141 Å². The maximum Gasteiger partial charge on any atom is 0.328 e. The molecule has 7 nitrogen and oxygen atoms in total. The topological polar surface area (TPSA) is 75.9 Å². The van der Waals surface area contributed by atoms with Gasteiger partial charge in [0, 0.05) is 55.7 Å². The lowest BCUT2D eigenvalue weighted by molar-refractivity contribution is 0.201. The van der Waals surface area contributed by atoms with Gasteiger partial charge in [0.25, 0.3) is 5.56 Å². The predicted octanol–water partition coefficient (Wildman–Crippen LogP) is 1.11. The zero-order chi connectivity index (χ0) is 18.0. The van der Waals surface area contributed by atoms with Gasteiger partial charge in [-0.3, -0.25) is 18.9 Å². The van der Waals surface area contributed by atoms with Gasteiger partial charge in [-0.25, -0.2) is 4.79 Å². The molecule has 0 spiro atoms. The van der Waals surface area contributed by atoms with Gasteiger partial charge in [-0.15, -0.1) is 0 Å². The quantitative estimate of drug-likeness (QED) is 0.859. The number of aryl methyl sites for hydroxylation is 3. The molecule has 2 aromatic rings. The fourth-order valence-electron chi connectivity index (χ4n) is 2.84. The molecule has 0 aliphatic carbocycles. The molecule has 0 radical (unpaired) electrons. The Morgan fingerprint density at radius 3 is 2.42 bits per heavy atom. The Morgan fingerprint density at radius 1 is 1.25 bits per heavy atom. The molecule has 0 unspecified atom stereocenters. The van der Waals surface area contributed by atoms with E-state index in [0.29, 0.717) is 24.8 Å². The van der Waals surface area contributed by atoms with Crippen LogP contribution in [-0.4, -0.2) is 36.8 Å². The highest BCUT2D eigenvalue weighted by Gasteiger charge is 2.17. The summed E-state index contributed by atoms with van der Waals surface area (Å²) in [4.78, 5) is 28.9. The van der Waals surface area contributed by atoms with Crippen molar-refractivity contribution in [1.82, 2.24) is 24.2 Å². The second-order valence-electron chi connectivity index (χ2n) is 6.58. The number of nitrogens with one attached hydrogen (secondary N) is 1. The first kappa shape index (κ1) is 18.2. The molecule has 2 rings (SSSR count). The lowest BCUT2D eigenvalue weighted by Crippen LogP contribution is -2.40. The van der Waals surface area contributed by atoms with Gasteiger partial charge in [-0.05, 0) is 34.6 Å². The highest BCUT2D eigenvalue weighted by atomic mass is 16.2. The van der Waals surface area contributed by atoms with Gasteiger partial charge in [-0.1, -0.05) is 0 Å². The van der Waals surface area contributed by atoms with Crippen molar-refractivity contribution in [3.8, 4) is 0 Å². The summed E-state index contributed by atoms with van der Waals surface area (Å²) in [5.41, 5.74) is 3.35. The number of aromatic nitrogens is 4. The van der Waals surface area contributed by atoms with Gasteiger partial charge >= 0.3 is 5.69 Å². The Balaban J connectivity index is 2.19. The zero-order valence-electron chi connectivity index (χ0n) is 15.4. The SMILES string of the molecule is Cc1cc(=O)n(CCN(Cc2c(C)nn(C)c2C)C(C)C)c(=O)[nH]1. The van der Waals surface area contributed by atoms with E-state index in [-0.39, 0.29) is 11.2 Å². The number of H-pyrrole nitrogens is 1. The predicted molar refractivity (Wildman–Crippen MR) is 94.3 cm³/mol. The van der Waals surface area contributed by atoms with Gasteiger partial charge in [0.2, 0.25) is 0 Å². The van der Waals surface area contributed by atoms with Crippen molar-refractivity contribution in [2.75, 3.05) is 6.54 Å². The minimum absolute atomic E-state index is 0.256. The molecule has 0 amide bonds. The number of rotatable bonds is 6. The molecule has 0 aliphatic rings. The third kappa shape index (κ3) is 3.84. The summed E-state index contributed by atoms with van der Waals surface area (Å²) in [6, 6.07) is 1.75. The van der Waals surface area contributed by atoms with E-state index in [2.05, 4.69) is 35.8 Å². The van der Waals surface area contributed by atoms with Crippen LogP contribution in [-0.2, 0) is 20.1 Å². The van der Waals surface area contributed by atoms with Crippen molar-refractivity contribution >= 4 is 0 Å². The standard InChI is InChI=1S/C17H27N5O2/c1-11(2)21(10-15-13(4)19-20(6)14(15)5)7-8-22-16(23)9-12(3)18-17(22)24/h9,11H,7-8,10H2,1-6H3,(H,18,24). The van der Waals surface area contributed by atoms with Crippen LogP contribution in [0.1, 0.15) is 36.5 Å². The maximum atomic E-state index is 12.0. The molecule has 0 aromatic carbocycles. The molecule has 0 aliphatic heterocycles. The molecule has 1 N–H and O–H groups in total. The summed E-state index contributed by atoms with van der Waals surface area (Å²) in [6.07, 6.45) is 0. The van der Waals surface area contributed by atoms with E-state index in [4.69, 9.17) is 0 Å². The van der Waals surface area contributed by atoms with E-state index < -0.39 is 0 Å². The van der Waals surface area contributed by atoms with Crippen LogP contribution in [0.25, 0.3) is 0 Å². The molecule has 24 heavy (non-hydrogen) atoms. The largest absolute Gasteiger partial charge is 0.328 e. The van der Waals surface area contributed by atoms with Crippen molar-refractivity contribution in [2.24, 2.45) is 7.05 Å². The van der Waals surface area contributed by atoms with Crippen molar-refractivity contribution in [3.63, 3.8) is 0 Å². The lowest BCUT2D eigenvalue weighted by atomic mass is 10.1. The first-order valence-electron chi connectivity index (χ1n) is 8.24. The summed E-state index contributed by atoms with van der Waals surface area (Å²) >= 11 is 0. The first-order chi connectivity index (χ1) is 11.2. The number of aromatic amines is 1. The lowest BCUT2D eigenvalue weighted by Gasteiger charge is -2.26. The molecular weight excluding hydrogens is 306 g/mol. The van der Waals surface area contributed by atoms with Gasteiger partial charge in [0.15, 0.2) is 0 Å². The number of hydrogen-bond donors (Lipinski definition) is 1. The molecule has 0 bridgehead atoms. The van der Waals surface area contributed by atoms with E-state index in [1.54, 1.807) is 6.92 Å². The number of nitrogens with zero attached hydrogens (tertiary/aromatic N) is 4. The van der Waals surface area contributed by atoms with E-state index in [1.165, 1.54) is 16.2 Å². The second kappa shape index (κ2) is 7.17. The monoisotopic (exact) mass is 333 g/mol. The molecular formula is C17H27N5O2. The van der Waals surface area contributed by atoms with E-state index in [1.807, 2.05) is 18.7 Å². The molecule has 0 atom stereocenters. The molecule has 7 heteroatoms. The third-order valence-corrected chi connectivity index (χ3v) is 4.52. The normalized spacial score (nSPS) is 11.7. The van der Waals surface area contributed by atoms with Crippen molar-refractivity contribution in [2.45, 2.75) is 53.8 Å². The van der Waals surface area contributed by atoms with Crippen molar-refractivity contribution in [1.29, 1.82) is 0 Å². The summed E-state index contributed by atoms with van der Waals surface area (Å²) in [7, 11) is 1.94. The highest BCUT2D eigenvalue weighted by Crippen LogP contribution is 2.16. The second-order valence-corrected chi connectivity index (χ2v) is 6.58.